The standard InChI is InChI=1S/C27H32N4O6/c1-27(2,3)37-26(32)29-16-14-18(15-17-29)23-25(31(33)34)24(19-6-10-21(35-4)11-7-19)30(28-23)20-8-12-22(36-5)13-9-20/h6-13,18H,14-17H2,1-5H3. The quantitative estimate of drug-likeness (QED) is 0.316. The number of hydrogen-bond donors (Lipinski definition) is 0. The molecule has 3 aromatic rings. The molecule has 1 amide bonds. The molecular formula is C27H32N4O6. The average Bonchev–Trinajstić information content (AvgIpc) is 3.29. The van der Waals surface area contributed by atoms with Crippen molar-refractivity contribution in [3.63, 3.8) is 0 Å². The number of aromatic nitrogens is 2. The summed E-state index contributed by atoms with van der Waals surface area (Å²) in [5.41, 5.74) is 1.51. The fraction of sp³-hybridized carbons (Fsp3) is 0.407. The van der Waals surface area contributed by atoms with Gasteiger partial charge in [-0.1, -0.05) is 0 Å². The molecule has 0 bridgehead atoms. The smallest absolute Gasteiger partial charge is 0.410 e. The number of carbonyl (C=O) groups excluding carboxylic acids is 1. The number of nitrogens with zero attached hydrogens (tertiary/aromatic N) is 4. The maximum absolute atomic E-state index is 12.5. The van der Waals surface area contributed by atoms with Crippen molar-refractivity contribution in [1.82, 2.24) is 14.7 Å². The first-order valence-electron chi connectivity index (χ1n) is 12.2. The number of carbonyl (C=O) groups is 1. The van der Waals surface area contributed by atoms with Gasteiger partial charge >= 0.3 is 11.8 Å². The Hall–Kier alpha value is -4.08. The molecule has 1 aliphatic rings. The summed E-state index contributed by atoms with van der Waals surface area (Å²) < 4.78 is 17.7. The molecule has 10 nitrogen and oxygen atoms in total. The molecule has 0 radical (unpaired) electrons. The van der Waals surface area contributed by atoms with Gasteiger partial charge < -0.3 is 19.1 Å². The maximum atomic E-state index is 12.5. The van der Waals surface area contributed by atoms with Gasteiger partial charge in [0.05, 0.1) is 24.8 Å². The van der Waals surface area contributed by atoms with Crippen molar-refractivity contribution in [2.75, 3.05) is 27.3 Å². The van der Waals surface area contributed by atoms with E-state index in [2.05, 4.69) is 0 Å². The summed E-state index contributed by atoms with van der Waals surface area (Å²) in [5, 5.41) is 17.3. The highest BCUT2D eigenvalue weighted by molar-refractivity contribution is 5.75. The van der Waals surface area contributed by atoms with E-state index in [9.17, 15) is 14.9 Å². The molecule has 196 valence electrons. The van der Waals surface area contributed by atoms with Gasteiger partial charge in [-0.05, 0) is 82.1 Å². The maximum Gasteiger partial charge on any atom is 0.410 e. The third-order valence-electron chi connectivity index (χ3n) is 6.28. The first kappa shape index (κ1) is 26.0. The molecule has 0 spiro atoms. The number of ether oxygens (including phenoxy) is 3. The lowest BCUT2D eigenvalue weighted by Gasteiger charge is -2.32. The summed E-state index contributed by atoms with van der Waals surface area (Å²) in [5.74, 6) is 1.14. The number of amides is 1. The number of methoxy groups -OCH3 is 2. The Morgan fingerprint density at radius 1 is 0.973 bits per heavy atom. The van der Waals surface area contributed by atoms with E-state index in [-0.39, 0.29) is 22.6 Å². The Morgan fingerprint density at radius 3 is 2.00 bits per heavy atom. The molecule has 1 fully saturated rings. The van der Waals surface area contributed by atoms with E-state index in [4.69, 9.17) is 19.3 Å². The fourth-order valence-electron chi connectivity index (χ4n) is 4.46. The molecule has 37 heavy (non-hydrogen) atoms. The number of nitro groups is 1. The van der Waals surface area contributed by atoms with Crippen molar-refractivity contribution in [2.45, 2.75) is 45.1 Å². The Kier molecular flexibility index (Phi) is 7.37. The van der Waals surface area contributed by atoms with Crippen molar-refractivity contribution in [2.24, 2.45) is 0 Å². The summed E-state index contributed by atoms with van der Waals surface area (Å²) in [6.07, 6.45) is 0.715. The lowest BCUT2D eigenvalue weighted by atomic mass is 9.92. The lowest BCUT2D eigenvalue weighted by molar-refractivity contribution is -0.385. The summed E-state index contributed by atoms with van der Waals surface area (Å²) in [6, 6.07) is 14.3. The van der Waals surface area contributed by atoms with Crippen molar-refractivity contribution < 1.29 is 23.9 Å². The van der Waals surface area contributed by atoms with Crippen LogP contribution in [-0.2, 0) is 4.74 Å². The van der Waals surface area contributed by atoms with Gasteiger partial charge in [-0.3, -0.25) is 10.1 Å². The van der Waals surface area contributed by atoms with Crippen LogP contribution in [0.3, 0.4) is 0 Å². The third kappa shape index (κ3) is 5.68. The number of likely N-dealkylation sites (tertiary alicyclic amines) is 1. The van der Waals surface area contributed by atoms with Crippen molar-refractivity contribution >= 4 is 11.8 Å². The van der Waals surface area contributed by atoms with E-state index < -0.39 is 5.60 Å². The SMILES string of the molecule is COc1ccc(-c2c([N+](=O)[O-])c(C3CCN(C(=O)OC(C)(C)C)CC3)nn2-c2ccc(OC)cc2)cc1. The Balaban J connectivity index is 1.74. The predicted molar refractivity (Wildman–Crippen MR) is 139 cm³/mol. The van der Waals surface area contributed by atoms with Gasteiger partial charge in [0, 0.05) is 24.6 Å². The van der Waals surface area contributed by atoms with Crippen molar-refractivity contribution in [3.8, 4) is 28.4 Å². The van der Waals surface area contributed by atoms with Crippen LogP contribution in [0, 0.1) is 10.1 Å². The molecule has 1 aliphatic heterocycles. The predicted octanol–water partition coefficient (Wildman–Crippen LogP) is 5.58. The lowest BCUT2D eigenvalue weighted by Crippen LogP contribution is -2.41. The largest absolute Gasteiger partial charge is 0.497 e. The zero-order valence-corrected chi connectivity index (χ0v) is 21.8. The molecule has 1 saturated heterocycles. The van der Waals surface area contributed by atoms with Gasteiger partial charge in [0.1, 0.15) is 22.8 Å². The highest BCUT2D eigenvalue weighted by Crippen LogP contribution is 2.42. The van der Waals surface area contributed by atoms with Crippen LogP contribution in [0.2, 0.25) is 0 Å². The first-order valence-corrected chi connectivity index (χ1v) is 12.2. The zero-order chi connectivity index (χ0) is 26.7. The van der Waals surface area contributed by atoms with Gasteiger partial charge in [-0.25, -0.2) is 9.48 Å². The zero-order valence-electron chi connectivity index (χ0n) is 21.8. The number of hydrogen-bond acceptors (Lipinski definition) is 7. The monoisotopic (exact) mass is 508 g/mol. The summed E-state index contributed by atoms with van der Waals surface area (Å²) in [4.78, 5) is 26.3. The molecule has 0 unspecified atom stereocenters. The molecule has 0 aliphatic carbocycles. The van der Waals surface area contributed by atoms with E-state index in [1.807, 2.05) is 32.9 Å². The van der Waals surface area contributed by atoms with Crippen LogP contribution in [-0.4, -0.2) is 58.6 Å². The summed E-state index contributed by atoms with van der Waals surface area (Å²) in [6.45, 7) is 6.35. The Labute approximate surface area is 215 Å². The minimum absolute atomic E-state index is 0.0308. The summed E-state index contributed by atoms with van der Waals surface area (Å²) >= 11 is 0. The van der Waals surface area contributed by atoms with Crippen LogP contribution in [0.4, 0.5) is 10.5 Å². The second-order valence-corrected chi connectivity index (χ2v) is 9.92. The average molecular weight is 509 g/mol. The second-order valence-electron chi connectivity index (χ2n) is 9.92. The van der Waals surface area contributed by atoms with Crippen LogP contribution in [0.5, 0.6) is 11.5 Å². The molecule has 0 saturated carbocycles. The van der Waals surface area contributed by atoms with E-state index in [0.29, 0.717) is 60.1 Å². The van der Waals surface area contributed by atoms with E-state index in [1.165, 1.54) is 0 Å². The molecule has 2 heterocycles. The molecule has 1 aromatic heterocycles. The Bertz CT molecular complexity index is 1250. The van der Waals surface area contributed by atoms with Crippen LogP contribution >= 0.6 is 0 Å². The molecule has 0 atom stereocenters. The van der Waals surface area contributed by atoms with Crippen molar-refractivity contribution in [3.05, 3.63) is 64.3 Å². The highest BCUT2D eigenvalue weighted by Gasteiger charge is 2.36. The Morgan fingerprint density at radius 2 is 1.51 bits per heavy atom. The fourth-order valence-corrected chi connectivity index (χ4v) is 4.46. The molecule has 0 N–H and O–H groups in total. The van der Waals surface area contributed by atoms with Gasteiger partial charge in [-0.2, -0.15) is 5.10 Å². The van der Waals surface area contributed by atoms with E-state index in [1.54, 1.807) is 60.2 Å². The minimum atomic E-state index is -0.586. The minimum Gasteiger partial charge on any atom is -0.497 e. The van der Waals surface area contributed by atoms with Crippen LogP contribution in [0.1, 0.15) is 45.2 Å². The first-order chi connectivity index (χ1) is 17.6. The van der Waals surface area contributed by atoms with Crippen molar-refractivity contribution in [1.29, 1.82) is 0 Å². The number of rotatable bonds is 6. The van der Waals surface area contributed by atoms with Crippen LogP contribution < -0.4 is 9.47 Å². The number of benzene rings is 2. The molecular weight excluding hydrogens is 476 g/mol. The van der Waals surface area contributed by atoms with Gasteiger partial charge in [0.15, 0.2) is 5.69 Å². The normalized spacial score (nSPS) is 14.4. The van der Waals surface area contributed by atoms with Crippen LogP contribution in [0.25, 0.3) is 16.9 Å². The van der Waals surface area contributed by atoms with Gasteiger partial charge in [0.2, 0.25) is 0 Å². The third-order valence-corrected chi connectivity index (χ3v) is 6.28. The van der Waals surface area contributed by atoms with E-state index >= 15 is 0 Å². The summed E-state index contributed by atoms with van der Waals surface area (Å²) in [7, 11) is 3.15. The molecule has 2 aromatic carbocycles. The van der Waals surface area contributed by atoms with Gasteiger partial charge in [-0.15, -0.1) is 0 Å². The highest BCUT2D eigenvalue weighted by atomic mass is 16.6. The molecule has 4 rings (SSSR count). The van der Waals surface area contributed by atoms with E-state index in [0.717, 1.165) is 0 Å². The molecule has 10 heteroatoms. The van der Waals surface area contributed by atoms with Crippen LogP contribution in [0.15, 0.2) is 48.5 Å². The second kappa shape index (κ2) is 10.5. The van der Waals surface area contributed by atoms with Gasteiger partial charge in [0.25, 0.3) is 0 Å². The topological polar surface area (TPSA) is 109 Å². The number of piperidine rings is 1.